The van der Waals surface area contributed by atoms with E-state index in [0.717, 1.165) is 5.52 Å². The highest BCUT2D eigenvalue weighted by Crippen LogP contribution is 2.34. The van der Waals surface area contributed by atoms with Crippen molar-refractivity contribution in [2.45, 2.75) is 6.42 Å². The molecule has 3 aromatic rings. The Bertz CT molecular complexity index is 904. The van der Waals surface area contributed by atoms with Gasteiger partial charge in [-0.25, -0.2) is 4.39 Å². The molecule has 23 heavy (non-hydrogen) atoms. The summed E-state index contributed by atoms with van der Waals surface area (Å²) >= 11 is 6.01. The van der Waals surface area contributed by atoms with Crippen molar-refractivity contribution in [1.82, 2.24) is 4.98 Å². The predicted molar refractivity (Wildman–Crippen MR) is 86.6 cm³/mol. The van der Waals surface area contributed by atoms with Gasteiger partial charge in [-0.2, -0.15) is 0 Å². The quantitative estimate of drug-likeness (QED) is 0.749. The van der Waals surface area contributed by atoms with Crippen LogP contribution >= 0.6 is 11.6 Å². The van der Waals surface area contributed by atoms with Gasteiger partial charge in [-0.3, -0.25) is 4.79 Å². The second-order valence-corrected chi connectivity index (χ2v) is 5.52. The highest BCUT2D eigenvalue weighted by Gasteiger charge is 2.17. The Labute approximate surface area is 136 Å². The minimum Gasteiger partial charge on any atom is -0.494 e. The Morgan fingerprint density at radius 2 is 2.09 bits per heavy atom. The summed E-state index contributed by atoms with van der Waals surface area (Å²) in [6.07, 6.45) is -0.191. The van der Waals surface area contributed by atoms with Gasteiger partial charge >= 0.3 is 5.97 Å². The molecule has 0 spiro atoms. The van der Waals surface area contributed by atoms with Crippen LogP contribution < -0.4 is 4.74 Å². The minimum atomic E-state index is -0.971. The maximum absolute atomic E-state index is 14.0. The van der Waals surface area contributed by atoms with Crippen LogP contribution in [0.1, 0.15) is 5.56 Å². The molecule has 0 saturated carbocycles. The lowest BCUT2D eigenvalue weighted by molar-refractivity contribution is -0.136. The first-order valence-electron chi connectivity index (χ1n) is 6.85. The summed E-state index contributed by atoms with van der Waals surface area (Å²) in [4.78, 5) is 14.4. The van der Waals surface area contributed by atoms with E-state index in [9.17, 15) is 14.3 Å². The number of rotatable bonds is 4. The topological polar surface area (TPSA) is 62.3 Å². The Hall–Kier alpha value is -2.53. The van der Waals surface area contributed by atoms with Crippen molar-refractivity contribution in [3.05, 3.63) is 52.8 Å². The van der Waals surface area contributed by atoms with E-state index < -0.39 is 11.8 Å². The molecule has 3 rings (SSSR count). The number of nitrogens with one attached hydrogen (secondary N) is 1. The second-order valence-electron chi connectivity index (χ2n) is 5.09. The molecule has 0 unspecified atom stereocenters. The molecule has 0 bridgehead atoms. The van der Waals surface area contributed by atoms with Crippen molar-refractivity contribution in [3.63, 3.8) is 0 Å². The van der Waals surface area contributed by atoms with Crippen molar-refractivity contribution in [2.24, 2.45) is 0 Å². The maximum Gasteiger partial charge on any atom is 0.307 e. The van der Waals surface area contributed by atoms with Gasteiger partial charge in [-0.1, -0.05) is 11.6 Å². The van der Waals surface area contributed by atoms with Crippen LogP contribution in [0.25, 0.3) is 22.2 Å². The number of benzene rings is 2. The molecule has 0 amide bonds. The Morgan fingerprint density at radius 1 is 1.30 bits per heavy atom. The third kappa shape index (κ3) is 2.87. The average Bonchev–Trinajstić information content (AvgIpc) is 2.84. The molecular formula is C17H13ClFNO3. The lowest BCUT2D eigenvalue weighted by atomic mass is 10.0. The highest BCUT2D eigenvalue weighted by molar-refractivity contribution is 6.31. The molecule has 1 heterocycles. The van der Waals surface area contributed by atoms with Crippen LogP contribution in [0.5, 0.6) is 5.75 Å². The van der Waals surface area contributed by atoms with Crippen LogP contribution in [0.4, 0.5) is 4.39 Å². The standard InChI is InChI=1S/C17H13ClFNO3/c1-23-15-5-2-9(6-13(15)19)17-12(8-16(21)22)11-7-10(18)3-4-14(11)20-17/h2-7,20H,8H2,1H3,(H,21,22). The molecule has 1 aromatic heterocycles. The smallest absolute Gasteiger partial charge is 0.307 e. The second kappa shape index (κ2) is 5.93. The van der Waals surface area contributed by atoms with E-state index in [1.54, 1.807) is 24.3 Å². The Balaban J connectivity index is 2.23. The van der Waals surface area contributed by atoms with E-state index in [2.05, 4.69) is 4.98 Å². The summed E-state index contributed by atoms with van der Waals surface area (Å²) in [7, 11) is 1.39. The minimum absolute atomic E-state index is 0.132. The fourth-order valence-corrected chi connectivity index (χ4v) is 2.80. The summed E-state index contributed by atoms with van der Waals surface area (Å²) < 4.78 is 18.9. The molecule has 2 N–H and O–H groups in total. The number of aliphatic carboxylic acids is 1. The van der Waals surface area contributed by atoms with E-state index in [1.165, 1.54) is 19.2 Å². The van der Waals surface area contributed by atoms with E-state index in [4.69, 9.17) is 16.3 Å². The van der Waals surface area contributed by atoms with Crippen molar-refractivity contribution in [2.75, 3.05) is 7.11 Å². The number of hydrogen-bond acceptors (Lipinski definition) is 2. The molecule has 2 aromatic carbocycles. The SMILES string of the molecule is COc1ccc(-c2[nH]c3ccc(Cl)cc3c2CC(=O)O)cc1F. The van der Waals surface area contributed by atoms with Crippen molar-refractivity contribution >= 4 is 28.5 Å². The zero-order chi connectivity index (χ0) is 16.6. The number of methoxy groups -OCH3 is 1. The zero-order valence-electron chi connectivity index (χ0n) is 12.2. The number of H-pyrrole nitrogens is 1. The zero-order valence-corrected chi connectivity index (χ0v) is 12.9. The molecule has 0 fully saturated rings. The first-order valence-corrected chi connectivity index (χ1v) is 7.23. The number of ether oxygens (including phenoxy) is 1. The largest absolute Gasteiger partial charge is 0.494 e. The summed E-state index contributed by atoms with van der Waals surface area (Å²) in [6.45, 7) is 0. The average molecular weight is 334 g/mol. The van der Waals surface area contributed by atoms with Gasteiger partial charge in [0.2, 0.25) is 0 Å². The van der Waals surface area contributed by atoms with Gasteiger partial charge in [-0.15, -0.1) is 0 Å². The number of carboxylic acids is 1. The number of carboxylic acid groups (broad SMARTS) is 1. The highest BCUT2D eigenvalue weighted by atomic mass is 35.5. The number of hydrogen-bond donors (Lipinski definition) is 2. The fraction of sp³-hybridized carbons (Fsp3) is 0.118. The van der Waals surface area contributed by atoms with Crippen LogP contribution in [0.3, 0.4) is 0 Å². The first-order chi connectivity index (χ1) is 11.0. The van der Waals surface area contributed by atoms with Crippen LogP contribution in [0.2, 0.25) is 5.02 Å². The third-order valence-corrected chi connectivity index (χ3v) is 3.87. The van der Waals surface area contributed by atoms with Gasteiger partial charge in [0.05, 0.1) is 19.2 Å². The molecule has 0 radical (unpaired) electrons. The van der Waals surface area contributed by atoms with Crippen LogP contribution in [-0.4, -0.2) is 23.2 Å². The number of fused-ring (bicyclic) bond motifs is 1. The summed E-state index contributed by atoms with van der Waals surface area (Å²) in [5, 5.41) is 10.4. The molecule has 118 valence electrons. The van der Waals surface area contributed by atoms with Crippen molar-refractivity contribution in [3.8, 4) is 17.0 Å². The number of aromatic nitrogens is 1. The predicted octanol–water partition coefficient (Wildman–Crippen LogP) is 4.26. The van der Waals surface area contributed by atoms with Gasteiger partial charge < -0.3 is 14.8 Å². The van der Waals surface area contributed by atoms with Crippen LogP contribution in [-0.2, 0) is 11.2 Å². The Morgan fingerprint density at radius 3 is 2.74 bits per heavy atom. The van der Waals surface area contributed by atoms with E-state index >= 15 is 0 Å². The van der Waals surface area contributed by atoms with Crippen molar-refractivity contribution in [1.29, 1.82) is 0 Å². The Kier molecular flexibility index (Phi) is 3.96. The number of halogens is 2. The fourth-order valence-electron chi connectivity index (χ4n) is 2.62. The molecule has 0 saturated heterocycles. The first kappa shape index (κ1) is 15.4. The monoisotopic (exact) mass is 333 g/mol. The maximum atomic E-state index is 14.0. The van der Waals surface area contributed by atoms with Gasteiger partial charge in [-0.05, 0) is 42.0 Å². The molecule has 0 aliphatic carbocycles. The van der Waals surface area contributed by atoms with Crippen LogP contribution in [0.15, 0.2) is 36.4 Å². The summed E-state index contributed by atoms with van der Waals surface area (Å²) in [5.74, 6) is -1.35. The molecule has 0 atom stereocenters. The van der Waals surface area contributed by atoms with Crippen molar-refractivity contribution < 1.29 is 19.0 Å². The molecule has 6 heteroatoms. The number of aromatic amines is 1. The summed E-state index contributed by atoms with van der Waals surface area (Å²) in [5.41, 5.74) is 2.43. The lowest BCUT2D eigenvalue weighted by Crippen LogP contribution is -2.01. The molecule has 4 nitrogen and oxygen atoms in total. The third-order valence-electron chi connectivity index (χ3n) is 3.64. The summed E-state index contributed by atoms with van der Waals surface area (Å²) in [6, 6.07) is 9.69. The molecule has 0 aliphatic heterocycles. The normalized spacial score (nSPS) is 10.9. The van der Waals surface area contributed by atoms with Gasteiger partial charge in [0.25, 0.3) is 0 Å². The lowest BCUT2D eigenvalue weighted by Gasteiger charge is -2.06. The number of carbonyl (C=O) groups is 1. The van der Waals surface area contributed by atoms with Gasteiger partial charge in [0.1, 0.15) is 0 Å². The van der Waals surface area contributed by atoms with Gasteiger partial charge in [0.15, 0.2) is 11.6 Å². The van der Waals surface area contributed by atoms with Gasteiger partial charge in [0, 0.05) is 21.5 Å². The molecular weight excluding hydrogens is 321 g/mol. The van der Waals surface area contributed by atoms with E-state index in [-0.39, 0.29) is 12.2 Å². The van der Waals surface area contributed by atoms with E-state index in [0.29, 0.717) is 27.2 Å². The van der Waals surface area contributed by atoms with E-state index in [1.807, 2.05) is 0 Å². The molecule has 0 aliphatic rings. The van der Waals surface area contributed by atoms with Crippen LogP contribution in [0, 0.1) is 5.82 Å².